The highest BCUT2D eigenvalue weighted by molar-refractivity contribution is 5.77. The van der Waals surface area contributed by atoms with Crippen molar-refractivity contribution in [1.29, 1.82) is 0 Å². The Morgan fingerprint density at radius 1 is 0.468 bits per heavy atom. The molecule has 0 aromatic rings. The number of esters is 1. The molecule has 1 amide bonds. The zero-order valence-electron chi connectivity index (χ0n) is 41.3. The molecular weight excluding hydrogens is 767 g/mol. The van der Waals surface area contributed by atoms with Crippen LogP contribution in [0.2, 0.25) is 0 Å². The van der Waals surface area contributed by atoms with E-state index in [1.165, 1.54) is 135 Å². The van der Waals surface area contributed by atoms with Crippen molar-refractivity contribution in [3.8, 4) is 0 Å². The van der Waals surface area contributed by atoms with Gasteiger partial charge in [-0.15, -0.1) is 0 Å². The second-order valence-electron chi connectivity index (χ2n) is 18.3. The fourth-order valence-corrected chi connectivity index (χ4v) is 8.02. The van der Waals surface area contributed by atoms with Gasteiger partial charge in [-0.3, -0.25) is 9.59 Å². The predicted octanol–water partition coefficient (Wildman–Crippen LogP) is 16.2. The Labute approximate surface area is 385 Å². The molecule has 0 aliphatic rings. The highest BCUT2D eigenvalue weighted by Crippen LogP contribution is 2.17. The van der Waals surface area contributed by atoms with Gasteiger partial charge in [0.25, 0.3) is 0 Å². The molecule has 6 heteroatoms. The molecule has 0 aromatic carbocycles. The lowest BCUT2D eigenvalue weighted by atomic mass is 10.0. The number of nitrogens with one attached hydrogen (secondary N) is 1. The minimum atomic E-state index is -0.794. The summed E-state index contributed by atoms with van der Waals surface area (Å²) in [6.45, 7) is 6.45. The van der Waals surface area contributed by atoms with Crippen molar-refractivity contribution in [1.82, 2.24) is 5.32 Å². The fraction of sp³-hybridized carbons (Fsp3) is 0.821. The van der Waals surface area contributed by atoms with Crippen LogP contribution in [0.25, 0.3) is 0 Å². The normalized spacial score (nSPS) is 13.6. The van der Waals surface area contributed by atoms with Crippen molar-refractivity contribution in [3.05, 3.63) is 48.6 Å². The van der Waals surface area contributed by atoms with Gasteiger partial charge in [0.1, 0.15) is 6.10 Å². The van der Waals surface area contributed by atoms with E-state index in [-0.39, 0.29) is 24.9 Å². The van der Waals surface area contributed by atoms with Crippen molar-refractivity contribution in [2.75, 3.05) is 6.61 Å². The van der Waals surface area contributed by atoms with Crippen LogP contribution in [0, 0.1) is 0 Å². The van der Waals surface area contributed by atoms with E-state index in [2.05, 4.69) is 74.7 Å². The highest BCUT2D eigenvalue weighted by atomic mass is 16.5. The Morgan fingerprint density at radius 2 is 0.823 bits per heavy atom. The number of aliphatic hydroxyl groups is 2. The monoisotopic (exact) mass is 870 g/mol. The van der Waals surface area contributed by atoms with Gasteiger partial charge in [0.15, 0.2) is 0 Å². The van der Waals surface area contributed by atoms with Crippen LogP contribution >= 0.6 is 0 Å². The first-order valence-corrected chi connectivity index (χ1v) is 26.9. The van der Waals surface area contributed by atoms with E-state index in [1.54, 1.807) is 0 Å². The van der Waals surface area contributed by atoms with E-state index in [1.807, 2.05) is 0 Å². The fourth-order valence-electron chi connectivity index (χ4n) is 8.02. The Bertz CT molecular complexity index is 1070. The number of allylic oxidation sites excluding steroid dienone is 8. The average molecular weight is 870 g/mol. The highest BCUT2D eigenvalue weighted by Gasteiger charge is 2.24. The van der Waals surface area contributed by atoms with Gasteiger partial charge in [-0.2, -0.15) is 0 Å². The van der Waals surface area contributed by atoms with E-state index in [4.69, 9.17) is 4.74 Å². The van der Waals surface area contributed by atoms with Gasteiger partial charge in [-0.1, -0.05) is 217 Å². The van der Waals surface area contributed by atoms with E-state index < -0.39 is 18.2 Å². The van der Waals surface area contributed by atoms with Crippen molar-refractivity contribution < 1.29 is 24.5 Å². The first kappa shape index (κ1) is 59.8. The molecule has 3 N–H and O–H groups in total. The number of aliphatic hydroxyl groups excluding tert-OH is 2. The summed E-state index contributed by atoms with van der Waals surface area (Å²) >= 11 is 0. The topological polar surface area (TPSA) is 95.9 Å². The molecule has 0 saturated carbocycles. The van der Waals surface area contributed by atoms with Crippen LogP contribution in [0.3, 0.4) is 0 Å². The molecule has 0 bridgehead atoms. The molecule has 0 heterocycles. The van der Waals surface area contributed by atoms with Crippen LogP contribution in [-0.2, 0) is 14.3 Å². The van der Waals surface area contributed by atoms with Crippen LogP contribution in [0.4, 0.5) is 0 Å². The third kappa shape index (κ3) is 44.4. The molecule has 0 spiro atoms. The van der Waals surface area contributed by atoms with Gasteiger partial charge in [0.2, 0.25) is 5.91 Å². The van der Waals surface area contributed by atoms with E-state index in [0.29, 0.717) is 19.3 Å². The molecule has 6 nitrogen and oxygen atoms in total. The summed E-state index contributed by atoms with van der Waals surface area (Å²) in [5, 5.41) is 23.7. The van der Waals surface area contributed by atoms with Crippen LogP contribution in [-0.4, -0.2) is 46.9 Å². The molecule has 0 fully saturated rings. The molecule has 0 aliphatic heterocycles. The molecule has 0 radical (unpaired) electrons. The predicted molar refractivity (Wildman–Crippen MR) is 269 cm³/mol. The van der Waals surface area contributed by atoms with Crippen LogP contribution in [0.5, 0.6) is 0 Å². The molecule has 3 atom stereocenters. The van der Waals surface area contributed by atoms with E-state index in [0.717, 1.165) is 89.9 Å². The van der Waals surface area contributed by atoms with Crippen molar-refractivity contribution >= 4 is 11.9 Å². The maximum absolute atomic E-state index is 13.2. The molecule has 0 saturated heterocycles. The molecular formula is C56H103NO5. The van der Waals surface area contributed by atoms with Gasteiger partial charge < -0.3 is 20.3 Å². The van der Waals surface area contributed by atoms with Crippen molar-refractivity contribution in [2.24, 2.45) is 0 Å². The van der Waals surface area contributed by atoms with Gasteiger partial charge in [0.05, 0.1) is 25.2 Å². The number of amides is 1. The van der Waals surface area contributed by atoms with Crippen LogP contribution < -0.4 is 5.32 Å². The number of carbonyl (C=O) groups is 2. The first-order chi connectivity index (χ1) is 30.5. The molecule has 0 aromatic heterocycles. The smallest absolute Gasteiger partial charge is 0.306 e. The Morgan fingerprint density at radius 3 is 1.31 bits per heavy atom. The summed E-state index contributed by atoms with van der Waals surface area (Å²) in [5.41, 5.74) is 0. The molecule has 3 unspecified atom stereocenters. The summed E-state index contributed by atoms with van der Waals surface area (Å²) in [5.74, 6) is -0.508. The summed E-state index contributed by atoms with van der Waals surface area (Å²) in [6.07, 6.45) is 60.3. The minimum Gasteiger partial charge on any atom is -0.462 e. The van der Waals surface area contributed by atoms with Gasteiger partial charge in [-0.05, 0) is 89.9 Å². The Kier molecular flexibility index (Phi) is 48.1. The van der Waals surface area contributed by atoms with E-state index >= 15 is 0 Å². The third-order valence-corrected chi connectivity index (χ3v) is 12.1. The zero-order valence-corrected chi connectivity index (χ0v) is 41.3. The Balaban J connectivity index is 4.63. The molecule has 362 valence electrons. The maximum atomic E-state index is 13.2. The third-order valence-electron chi connectivity index (χ3n) is 12.1. The summed E-state index contributed by atoms with van der Waals surface area (Å²) in [4.78, 5) is 26.2. The van der Waals surface area contributed by atoms with Crippen molar-refractivity contribution in [3.63, 3.8) is 0 Å². The largest absolute Gasteiger partial charge is 0.462 e. The maximum Gasteiger partial charge on any atom is 0.306 e. The number of hydrogen-bond acceptors (Lipinski definition) is 5. The SMILES string of the molecule is CCCCC/C=C\C/C=C\C/C=C\CCCCCCC(=O)OC(CCCCC/C=C/CCCCCCCCCCC)CC(=O)NC(CO)C(O)CCCCCCCCCCCC. The van der Waals surface area contributed by atoms with Crippen LogP contribution in [0.15, 0.2) is 48.6 Å². The summed E-state index contributed by atoms with van der Waals surface area (Å²) < 4.78 is 5.93. The Hall–Kier alpha value is -2.18. The number of carbonyl (C=O) groups excluding carboxylic acids is 2. The van der Waals surface area contributed by atoms with Gasteiger partial charge in [0, 0.05) is 6.42 Å². The lowest BCUT2D eigenvalue weighted by Crippen LogP contribution is -2.46. The molecule has 0 rings (SSSR count). The van der Waals surface area contributed by atoms with E-state index in [9.17, 15) is 19.8 Å². The number of ether oxygens (including phenoxy) is 1. The van der Waals surface area contributed by atoms with Gasteiger partial charge >= 0.3 is 5.97 Å². The summed E-state index contributed by atoms with van der Waals surface area (Å²) in [6, 6.07) is -0.710. The standard InChI is InChI=1S/C56H103NO5/c1-4-7-10-13-16-19-22-24-26-28-30-32-34-37-40-43-46-49-56(61)62-52(47-44-41-38-35-33-31-29-27-25-23-20-17-14-11-8-5-2)50-55(60)57-53(51-58)54(59)48-45-42-39-36-21-18-15-12-9-6-3/h16,19,24,26,30-33,52-54,58-59H,4-15,17-18,20-23,25,27-29,34-51H2,1-3H3,(H,57,60)/b19-16-,26-24-,32-30-,33-31+. The molecule has 62 heavy (non-hydrogen) atoms. The van der Waals surface area contributed by atoms with Crippen LogP contribution in [0.1, 0.15) is 271 Å². The minimum absolute atomic E-state index is 0.0587. The average Bonchev–Trinajstić information content (AvgIpc) is 3.26. The summed E-state index contributed by atoms with van der Waals surface area (Å²) in [7, 11) is 0. The molecule has 0 aliphatic carbocycles. The first-order valence-electron chi connectivity index (χ1n) is 26.9. The number of rotatable bonds is 48. The van der Waals surface area contributed by atoms with Gasteiger partial charge in [-0.25, -0.2) is 0 Å². The number of hydrogen-bond donors (Lipinski definition) is 3. The second kappa shape index (κ2) is 49.8. The quantitative estimate of drug-likeness (QED) is 0.0322. The number of unbranched alkanes of at least 4 members (excludes halogenated alkanes) is 28. The van der Waals surface area contributed by atoms with Crippen molar-refractivity contribution in [2.45, 2.75) is 289 Å². The lowest BCUT2D eigenvalue weighted by Gasteiger charge is -2.24. The lowest BCUT2D eigenvalue weighted by molar-refractivity contribution is -0.151. The second-order valence-corrected chi connectivity index (χ2v) is 18.3. The zero-order chi connectivity index (χ0) is 45.2.